The Morgan fingerprint density at radius 1 is 1.30 bits per heavy atom. The highest BCUT2D eigenvalue weighted by Gasteiger charge is 2.37. The van der Waals surface area contributed by atoms with E-state index in [0.717, 1.165) is 44.7 Å². The molecule has 1 heterocycles. The molecule has 124 valence electrons. The van der Waals surface area contributed by atoms with E-state index < -0.39 is 0 Å². The summed E-state index contributed by atoms with van der Waals surface area (Å²) in [4.78, 5) is 2.40. The van der Waals surface area contributed by atoms with Crippen LogP contribution in [0.25, 0.3) is 0 Å². The van der Waals surface area contributed by atoms with Crippen molar-refractivity contribution in [3.8, 4) is 11.8 Å². The molecule has 0 aromatic heterocycles. The quantitative estimate of drug-likeness (QED) is 0.897. The maximum Gasteiger partial charge on any atom is 0.119 e. The van der Waals surface area contributed by atoms with Gasteiger partial charge in [0.15, 0.2) is 0 Å². The summed E-state index contributed by atoms with van der Waals surface area (Å²) >= 11 is 0. The van der Waals surface area contributed by atoms with Crippen LogP contribution in [0.3, 0.4) is 0 Å². The van der Waals surface area contributed by atoms with Gasteiger partial charge >= 0.3 is 0 Å². The van der Waals surface area contributed by atoms with Crippen LogP contribution in [0.1, 0.15) is 24.8 Å². The van der Waals surface area contributed by atoms with Crippen molar-refractivity contribution in [2.75, 3.05) is 32.9 Å². The lowest BCUT2D eigenvalue weighted by atomic mass is 9.94. The molecular formula is C18H24N2O3. The van der Waals surface area contributed by atoms with Crippen LogP contribution in [0.2, 0.25) is 0 Å². The lowest BCUT2D eigenvalue weighted by Crippen LogP contribution is -2.52. The van der Waals surface area contributed by atoms with Gasteiger partial charge in [-0.15, -0.1) is 0 Å². The zero-order valence-corrected chi connectivity index (χ0v) is 13.4. The molecule has 1 aliphatic carbocycles. The second-order valence-corrected chi connectivity index (χ2v) is 6.32. The minimum absolute atomic E-state index is 0.191. The predicted octanol–water partition coefficient (Wildman–Crippen LogP) is 1.80. The highest BCUT2D eigenvalue weighted by molar-refractivity contribution is 5.34. The molecule has 23 heavy (non-hydrogen) atoms. The van der Waals surface area contributed by atoms with E-state index in [-0.39, 0.29) is 6.10 Å². The van der Waals surface area contributed by atoms with Gasteiger partial charge in [0.25, 0.3) is 0 Å². The van der Waals surface area contributed by atoms with Crippen molar-refractivity contribution in [2.24, 2.45) is 5.92 Å². The largest absolute Gasteiger partial charge is 0.492 e. The van der Waals surface area contributed by atoms with Crippen LogP contribution in [0.5, 0.6) is 5.75 Å². The summed E-state index contributed by atoms with van der Waals surface area (Å²) in [6, 6.07) is 9.59. The van der Waals surface area contributed by atoms with Crippen LogP contribution >= 0.6 is 0 Å². The number of aliphatic hydroxyl groups is 1. The predicted molar refractivity (Wildman–Crippen MR) is 86.2 cm³/mol. The van der Waals surface area contributed by atoms with Crippen molar-refractivity contribution in [1.29, 1.82) is 5.26 Å². The third-order valence-corrected chi connectivity index (χ3v) is 4.94. The molecule has 0 amide bonds. The molecule has 1 N–H and O–H groups in total. The van der Waals surface area contributed by atoms with Crippen LogP contribution in [-0.4, -0.2) is 55.1 Å². The van der Waals surface area contributed by atoms with Gasteiger partial charge in [0.1, 0.15) is 12.4 Å². The number of ether oxygens (including phenoxy) is 2. The molecule has 1 aromatic rings. The molecule has 0 spiro atoms. The highest BCUT2D eigenvalue weighted by Crippen LogP contribution is 2.32. The van der Waals surface area contributed by atoms with Crippen molar-refractivity contribution < 1.29 is 14.6 Å². The van der Waals surface area contributed by atoms with Gasteiger partial charge < -0.3 is 14.6 Å². The third kappa shape index (κ3) is 4.03. The molecular weight excluding hydrogens is 292 g/mol. The Balaban J connectivity index is 1.51. The first kappa shape index (κ1) is 16.3. The van der Waals surface area contributed by atoms with E-state index in [4.69, 9.17) is 14.7 Å². The maximum absolute atomic E-state index is 10.2. The highest BCUT2D eigenvalue weighted by atomic mass is 16.5. The van der Waals surface area contributed by atoms with Crippen molar-refractivity contribution in [3.63, 3.8) is 0 Å². The smallest absolute Gasteiger partial charge is 0.119 e. The Hall–Kier alpha value is -1.61. The summed E-state index contributed by atoms with van der Waals surface area (Å²) in [5, 5.41) is 19.0. The summed E-state index contributed by atoms with van der Waals surface area (Å²) in [5.41, 5.74) is 0.640. The van der Waals surface area contributed by atoms with Gasteiger partial charge in [-0.25, -0.2) is 0 Å². The van der Waals surface area contributed by atoms with Gasteiger partial charge in [-0.2, -0.15) is 5.26 Å². The van der Waals surface area contributed by atoms with E-state index in [1.165, 1.54) is 0 Å². The van der Waals surface area contributed by atoms with Gasteiger partial charge in [-0.1, -0.05) is 6.42 Å². The minimum Gasteiger partial charge on any atom is -0.492 e. The zero-order chi connectivity index (χ0) is 16.1. The molecule has 1 saturated carbocycles. The molecule has 3 rings (SSSR count). The van der Waals surface area contributed by atoms with Gasteiger partial charge in [-0.05, 0) is 37.1 Å². The molecule has 0 radical (unpaired) electrons. The number of aliphatic hydroxyl groups excluding tert-OH is 1. The fraction of sp³-hybridized carbons (Fsp3) is 0.611. The number of nitrogens with zero attached hydrogens (tertiary/aromatic N) is 2. The molecule has 5 heteroatoms. The van der Waals surface area contributed by atoms with Crippen LogP contribution < -0.4 is 4.74 Å². The minimum atomic E-state index is -0.191. The van der Waals surface area contributed by atoms with Crippen molar-refractivity contribution >= 4 is 0 Å². The average molecular weight is 316 g/mol. The molecule has 1 aromatic carbocycles. The Morgan fingerprint density at radius 3 is 2.83 bits per heavy atom. The van der Waals surface area contributed by atoms with Gasteiger partial charge in [0.05, 0.1) is 31.0 Å². The van der Waals surface area contributed by atoms with E-state index >= 15 is 0 Å². The van der Waals surface area contributed by atoms with E-state index in [1.807, 2.05) is 12.1 Å². The molecule has 1 saturated heterocycles. The second kappa shape index (κ2) is 7.78. The summed E-state index contributed by atoms with van der Waals surface area (Å²) in [6.07, 6.45) is 2.92. The first-order valence-electron chi connectivity index (χ1n) is 8.41. The molecule has 0 unspecified atom stereocenters. The number of hydrogen-bond acceptors (Lipinski definition) is 5. The molecule has 5 nitrogen and oxygen atoms in total. The Labute approximate surface area is 137 Å². The lowest BCUT2D eigenvalue weighted by Gasteiger charge is -2.40. The first-order valence-corrected chi connectivity index (χ1v) is 8.41. The summed E-state index contributed by atoms with van der Waals surface area (Å²) in [5.74, 6) is 1.11. The van der Waals surface area contributed by atoms with E-state index in [9.17, 15) is 5.11 Å². The third-order valence-electron chi connectivity index (χ3n) is 4.94. The average Bonchev–Trinajstić information content (AvgIpc) is 3.02. The number of hydrogen-bond donors (Lipinski definition) is 1. The SMILES string of the molecule is N#Cc1ccc(OCCN2CCOC[C@@H]2[C@@H]2CCC[C@H]2O)cc1. The number of rotatable bonds is 5. The number of benzene rings is 1. The Bertz CT molecular complexity index is 540. The Morgan fingerprint density at radius 2 is 2.13 bits per heavy atom. The molecule has 2 fully saturated rings. The number of morpholine rings is 1. The summed E-state index contributed by atoms with van der Waals surface area (Å²) < 4.78 is 11.4. The topological polar surface area (TPSA) is 65.7 Å². The fourth-order valence-electron chi connectivity index (χ4n) is 3.65. The van der Waals surface area contributed by atoms with Crippen LogP contribution in [0.15, 0.2) is 24.3 Å². The monoisotopic (exact) mass is 316 g/mol. The Kier molecular flexibility index (Phi) is 5.50. The van der Waals surface area contributed by atoms with Crippen molar-refractivity contribution in [3.05, 3.63) is 29.8 Å². The lowest BCUT2D eigenvalue weighted by molar-refractivity contribution is -0.0532. The summed E-state index contributed by atoms with van der Waals surface area (Å²) in [6.45, 7) is 3.78. The van der Waals surface area contributed by atoms with Gasteiger partial charge in [0, 0.05) is 25.0 Å². The summed E-state index contributed by atoms with van der Waals surface area (Å²) in [7, 11) is 0. The normalized spacial score (nSPS) is 28.4. The first-order chi connectivity index (χ1) is 11.3. The standard InChI is InChI=1S/C18H24N2O3/c19-12-14-4-6-15(7-5-14)23-11-9-20-8-10-22-13-17(20)16-2-1-3-18(16)21/h4-7,16-18,21H,1-3,8-11,13H2/t16-,17+,18+/m0/s1. The fourth-order valence-corrected chi connectivity index (χ4v) is 3.65. The van der Waals surface area contributed by atoms with Gasteiger partial charge in [-0.3, -0.25) is 4.90 Å². The van der Waals surface area contributed by atoms with E-state index in [1.54, 1.807) is 12.1 Å². The van der Waals surface area contributed by atoms with Crippen LogP contribution in [0, 0.1) is 17.2 Å². The molecule has 2 aliphatic rings. The molecule has 3 atom stereocenters. The van der Waals surface area contributed by atoms with Crippen molar-refractivity contribution in [1.82, 2.24) is 4.90 Å². The van der Waals surface area contributed by atoms with Gasteiger partial charge in [0.2, 0.25) is 0 Å². The van der Waals surface area contributed by atoms with Crippen molar-refractivity contribution in [2.45, 2.75) is 31.4 Å². The van der Waals surface area contributed by atoms with E-state index in [2.05, 4.69) is 11.0 Å². The zero-order valence-electron chi connectivity index (χ0n) is 13.4. The molecule has 0 bridgehead atoms. The number of nitriles is 1. The van der Waals surface area contributed by atoms with E-state index in [0.29, 0.717) is 30.7 Å². The second-order valence-electron chi connectivity index (χ2n) is 6.32. The van der Waals surface area contributed by atoms with Crippen LogP contribution in [0.4, 0.5) is 0 Å². The maximum atomic E-state index is 10.2. The molecule has 1 aliphatic heterocycles. The van der Waals surface area contributed by atoms with Crippen LogP contribution in [-0.2, 0) is 4.74 Å².